The highest BCUT2D eigenvalue weighted by atomic mass is 79.9. The van der Waals surface area contributed by atoms with Crippen LogP contribution in [0.5, 0.6) is 5.75 Å². The van der Waals surface area contributed by atoms with E-state index in [1.54, 1.807) is 0 Å². The van der Waals surface area contributed by atoms with Gasteiger partial charge in [0, 0.05) is 0 Å². The molecule has 0 N–H and O–H groups in total. The zero-order valence-corrected chi connectivity index (χ0v) is 8.39. The van der Waals surface area contributed by atoms with Gasteiger partial charge in [-0.2, -0.15) is 0 Å². The molecule has 0 saturated carbocycles. The molecule has 1 rings (SSSR count). The fraction of sp³-hybridized carbons (Fsp3) is 0.250. The van der Waals surface area contributed by atoms with Gasteiger partial charge < -0.3 is 4.74 Å². The van der Waals surface area contributed by atoms with Crippen molar-refractivity contribution in [3.8, 4) is 5.75 Å². The van der Waals surface area contributed by atoms with E-state index in [4.69, 9.17) is 16.3 Å². The Balaban J connectivity index is 2.66. The molecule has 11 heavy (non-hydrogen) atoms. The Bertz CT molecular complexity index is 220. The maximum Gasteiger partial charge on any atom is 0.227 e. The predicted octanol–water partition coefficient (Wildman–Crippen LogP) is 3.29. The van der Waals surface area contributed by atoms with Gasteiger partial charge in [0.15, 0.2) is 0 Å². The fourth-order valence-corrected chi connectivity index (χ4v) is 1.04. The third-order valence-corrected chi connectivity index (χ3v) is 1.52. The van der Waals surface area contributed by atoms with Crippen LogP contribution in [0, 0.1) is 6.92 Å². The first-order valence-electron chi connectivity index (χ1n) is 3.20. The summed E-state index contributed by atoms with van der Waals surface area (Å²) in [5.74, 6) is 0.771. The molecule has 0 fully saturated rings. The topological polar surface area (TPSA) is 9.23 Å². The number of alkyl halides is 2. The maximum absolute atomic E-state index is 5.55. The fourth-order valence-electron chi connectivity index (χ4n) is 0.720. The molecule has 0 amide bonds. The Morgan fingerprint density at radius 2 is 1.91 bits per heavy atom. The smallest absolute Gasteiger partial charge is 0.227 e. The average Bonchev–Trinajstić information content (AvgIpc) is 1.93. The highest BCUT2D eigenvalue weighted by Crippen LogP contribution is 2.16. The van der Waals surface area contributed by atoms with Crippen LogP contribution in [0.1, 0.15) is 5.56 Å². The Kier molecular flexibility index (Phi) is 3.21. The lowest BCUT2D eigenvalue weighted by Crippen LogP contribution is -1.97. The van der Waals surface area contributed by atoms with E-state index in [0.717, 1.165) is 5.75 Å². The van der Waals surface area contributed by atoms with Crippen LogP contribution in [-0.2, 0) is 0 Å². The normalized spacial score (nSPS) is 12.6. The summed E-state index contributed by atoms with van der Waals surface area (Å²) in [5.41, 5.74) is 1.21. The van der Waals surface area contributed by atoms with Gasteiger partial charge in [-0.1, -0.05) is 29.3 Å². The van der Waals surface area contributed by atoms with Crippen LogP contribution in [-0.4, -0.2) is 4.47 Å². The van der Waals surface area contributed by atoms with Gasteiger partial charge in [-0.25, -0.2) is 0 Å². The van der Waals surface area contributed by atoms with Gasteiger partial charge in [-0.05, 0) is 35.0 Å². The minimum Gasteiger partial charge on any atom is -0.465 e. The standard InChI is InChI=1S/C8H8BrClO/c1-6-2-4-7(5-3-6)11-8(9)10/h2-5,8H,1H3. The van der Waals surface area contributed by atoms with Crippen LogP contribution in [0.4, 0.5) is 0 Å². The van der Waals surface area contributed by atoms with E-state index in [1.165, 1.54) is 5.56 Å². The number of ether oxygens (including phenoxy) is 1. The van der Waals surface area contributed by atoms with Gasteiger partial charge >= 0.3 is 0 Å². The predicted molar refractivity (Wildman–Crippen MR) is 50.4 cm³/mol. The van der Waals surface area contributed by atoms with Crippen molar-refractivity contribution < 1.29 is 4.74 Å². The molecule has 0 aliphatic rings. The third kappa shape index (κ3) is 3.12. The summed E-state index contributed by atoms with van der Waals surface area (Å²) in [5, 5.41) is 0. The molecule has 60 valence electrons. The van der Waals surface area contributed by atoms with Gasteiger partial charge in [0.2, 0.25) is 4.47 Å². The second-order valence-electron chi connectivity index (χ2n) is 2.19. The largest absolute Gasteiger partial charge is 0.465 e. The van der Waals surface area contributed by atoms with Crippen LogP contribution >= 0.6 is 27.5 Å². The lowest BCUT2D eigenvalue weighted by molar-refractivity contribution is 0.365. The van der Waals surface area contributed by atoms with Gasteiger partial charge in [-0.3, -0.25) is 0 Å². The minimum absolute atomic E-state index is 0.454. The minimum atomic E-state index is -0.454. The van der Waals surface area contributed by atoms with Crippen LogP contribution in [0.25, 0.3) is 0 Å². The van der Waals surface area contributed by atoms with Crippen LogP contribution in [0.3, 0.4) is 0 Å². The SMILES string of the molecule is Cc1ccc(OC(Cl)Br)cc1. The molecular weight excluding hydrogens is 227 g/mol. The van der Waals surface area contributed by atoms with Crippen molar-refractivity contribution >= 4 is 27.5 Å². The Hall–Kier alpha value is -0.210. The first-order valence-corrected chi connectivity index (χ1v) is 4.55. The van der Waals surface area contributed by atoms with E-state index in [9.17, 15) is 0 Å². The van der Waals surface area contributed by atoms with Crippen molar-refractivity contribution in [2.24, 2.45) is 0 Å². The van der Waals surface area contributed by atoms with E-state index >= 15 is 0 Å². The molecule has 1 unspecified atom stereocenters. The molecule has 0 aliphatic carbocycles. The highest BCUT2D eigenvalue weighted by Gasteiger charge is 1.98. The van der Waals surface area contributed by atoms with Crippen molar-refractivity contribution in [2.75, 3.05) is 0 Å². The van der Waals surface area contributed by atoms with Crippen molar-refractivity contribution in [2.45, 2.75) is 11.4 Å². The monoisotopic (exact) mass is 234 g/mol. The summed E-state index contributed by atoms with van der Waals surface area (Å²) in [6.45, 7) is 2.02. The summed E-state index contributed by atoms with van der Waals surface area (Å²) in [4.78, 5) is 0. The average molecular weight is 236 g/mol. The van der Waals surface area contributed by atoms with Crippen LogP contribution < -0.4 is 4.74 Å². The Morgan fingerprint density at radius 3 is 2.36 bits per heavy atom. The lowest BCUT2D eigenvalue weighted by Gasteiger charge is -2.05. The first-order chi connectivity index (χ1) is 5.18. The summed E-state index contributed by atoms with van der Waals surface area (Å²) in [6, 6.07) is 7.71. The molecule has 1 atom stereocenters. The molecule has 0 radical (unpaired) electrons. The summed E-state index contributed by atoms with van der Waals surface area (Å²) in [6.07, 6.45) is 0. The number of halogens is 2. The Morgan fingerprint density at radius 1 is 1.36 bits per heavy atom. The van der Waals surface area contributed by atoms with Gasteiger partial charge in [-0.15, -0.1) is 0 Å². The first kappa shape index (κ1) is 8.88. The molecule has 3 heteroatoms. The zero-order chi connectivity index (χ0) is 8.27. The highest BCUT2D eigenvalue weighted by molar-refractivity contribution is 9.10. The van der Waals surface area contributed by atoms with E-state index in [0.29, 0.717) is 0 Å². The van der Waals surface area contributed by atoms with Crippen LogP contribution in [0.2, 0.25) is 0 Å². The molecule has 0 saturated heterocycles. The summed E-state index contributed by atoms with van der Waals surface area (Å²) in [7, 11) is 0. The van der Waals surface area contributed by atoms with Gasteiger partial charge in [0.25, 0.3) is 0 Å². The van der Waals surface area contributed by atoms with Crippen molar-refractivity contribution in [1.82, 2.24) is 0 Å². The number of benzene rings is 1. The quantitative estimate of drug-likeness (QED) is 0.715. The van der Waals surface area contributed by atoms with Crippen molar-refractivity contribution in [3.63, 3.8) is 0 Å². The molecule has 1 aromatic carbocycles. The van der Waals surface area contributed by atoms with E-state index < -0.39 is 4.47 Å². The molecule has 0 spiro atoms. The molecule has 0 heterocycles. The summed E-state index contributed by atoms with van der Waals surface area (Å²) >= 11 is 8.62. The van der Waals surface area contributed by atoms with Gasteiger partial charge in [0.1, 0.15) is 5.75 Å². The third-order valence-electron chi connectivity index (χ3n) is 1.25. The summed E-state index contributed by atoms with van der Waals surface area (Å²) < 4.78 is 4.70. The van der Waals surface area contributed by atoms with Crippen LogP contribution in [0.15, 0.2) is 24.3 Å². The number of rotatable bonds is 2. The molecule has 0 aromatic heterocycles. The van der Waals surface area contributed by atoms with E-state index in [2.05, 4.69) is 15.9 Å². The second-order valence-corrected chi connectivity index (χ2v) is 3.95. The van der Waals surface area contributed by atoms with E-state index in [1.807, 2.05) is 31.2 Å². The maximum atomic E-state index is 5.55. The number of hydrogen-bond acceptors (Lipinski definition) is 1. The molecule has 0 bridgehead atoms. The number of hydrogen-bond donors (Lipinski definition) is 0. The van der Waals surface area contributed by atoms with Crippen molar-refractivity contribution in [3.05, 3.63) is 29.8 Å². The van der Waals surface area contributed by atoms with Crippen molar-refractivity contribution in [1.29, 1.82) is 0 Å². The van der Waals surface area contributed by atoms with Gasteiger partial charge in [0.05, 0.1) is 0 Å². The molecule has 1 nitrogen and oxygen atoms in total. The zero-order valence-electron chi connectivity index (χ0n) is 6.05. The molecule has 1 aromatic rings. The van der Waals surface area contributed by atoms with E-state index in [-0.39, 0.29) is 0 Å². The molecule has 0 aliphatic heterocycles. The number of aryl methyl sites for hydroxylation is 1. The lowest BCUT2D eigenvalue weighted by atomic mass is 10.2. The second kappa shape index (κ2) is 3.98. The Labute approximate surface area is 79.4 Å². The molecular formula is C8H8BrClO.